The van der Waals surface area contributed by atoms with Crippen molar-refractivity contribution in [3.8, 4) is 5.75 Å². The van der Waals surface area contributed by atoms with E-state index >= 15 is 0 Å². The SMILES string of the molecule is C=Cc1cccc(C(C(=O)Nc2ccc(OC)cc2)N(C)C(=O)C(NC(=O)OC(C)(C)C)C(C)CC)c1. The first-order chi connectivity index (χ1) is 17.4. The summed E-state index contributed by atoms with van der Waals surface area (Å²) in [5.41, 5.74) is 1.26. The van der Waals surface area contributed by atoms with Gasteiger partial charge in [0.1, 0.15) is 23.4 Å². The van der Waals surface area contributed by atoms with Crippen LogP contribution in [0, 0.1) is 5.92 Å². The van der Waals surface area contributed by atoms with Crippen LogP contribution >= 0.6 is 0 Å². The van der Waals surface area contributed by atoms with Crippen molar-refractivity contribution in [1.82, 2.24) is 10.2 Å². The molecule has 3 unspecified atom stereocenters. The summed E-state index contributed by atoms with van der Waals surface area (Å²) in [6.45, 7) is 12.9. The van der Waals surface area contributed by atoms with Crippen molar-refractivity contribution in [3.63, 3.8) is 0 Å². The molecule has 200 valence electrons. The Morgan fingerprint density at radius 3 is 2.30 bits per heavy atom. The highest BCUT2D eigenvalue weighted by molar-refractivity contribution is 5.99. The highest BCUT2D eigenvalue weighted by atomic mass is 16.6. The van der Waals surface area contributed by atoms with E-state index in [4.69, 9.17) is 9.47 Å². The molecule has 0 spiro atoms. The molecule has 0 aromatic heterocycles. The van der Waals surface area contributed by atoms with Crippen LogP contribution in [0.25, 0.3) is 6.08 Å². The second-order valence-corrected chi connectivity index (χ2v) is 9.95. The van der Waals surface area contributed by atoms with Crippen LogP contribution in [0.15, 0.2) is 55.1 Å². The van der Waals surface area contributed by atoms with E-state index in [2.05, 4.69) is 17.2 Å². The molecule has 2 rings (SSSR count). The molecule has 8 nitrogen and oxygen atoms in total. The molecule has 2 N–H and O–H groups in total. The summed E-state index contributed by atoms with van der Waals surface area (Å²) in [6.07, 6.45) is 1.62. The number of carbonyl (C=O) groups is 3. The Kier molecular flexibility index (Phi) is 10.3. The van der Waals surface area contributed by atoms with Gasteiger partial charge in [-0.3, -0.25) is 9.59 Å². The minimum atomic E-state index is -0.971. The summed E-state index contributed by atoms with van der Waals surface area (Å²) in [5, 5.41) is 5.61. The third-order valence-electron chi connectivity index (χ3n) is 5.95. The van der Waals surface area contributed by atoms with E-state index in [0.717, 1.165) is 5.56 Å². The zero-order valence-electron chi connectivity index (χ0n) is 22.8. The Morgan fingerprint density at radius 2 is 1.76 bits per heavy atom. The van der Waals surface area contributed by atoms with Gasteiger partial charge in [-0.2, -0.15) is 0 Å². The molecule has 0 heterocycles. The molecule has 37 heavy (non-hydrogen) atoms. The molecule has 0 radical (unpaired) electrons. The molecule has 0 aliphatic carbocycles. The van der Waals surface area contributed by atoms with Crippen molar-refractivity contribution in [1.29, 1.82) is 0 Å². The van der Waals surface area contributed by atoms with Crippen LogP contribution in [0.1, 0.15) is 58.2 Å². The second kappa shape index (κ2) is 12.9. The van der Waals surface area contributed by atoms with Gasteiger partial charge in [-0.25, -0.2) is 4.79 Å². The highest BCUT2D eigenvalue weighted by Crippen LogP contribution is 2.26. The Labute approximate surface area is 220 Å². The summed E-state index contributed by atoms with van der Waals surface area (Å²) in [6, 6.07) is 12.3. The lowest BCUT2D eigenvalue weighted by Crippen LogP contribution is -2.53. The van der Waals surface area contributed by atoms with Crippen molar-refractivity contribution in [2.24, 2.45) is 5.92 Å². The zero-order valence-corrected chi connectivity index (χ0v) is 22.8. The number of rotatable bonds is 10. The van der Waals surface area contributed by atoms with Crippen molar-refractivity contribution in [2.75, 3.05) is 19.5 Å². The molecule has 3 amide bonds. The van der Waals surface area contributed by atoms with Gasteiger partial charge in [-0.05, 0) is 68.1 Å². The van der Waals surface area contributed by atoms with Gasteiger partial charge in [0.15, 0.2) is 0 Å². The number of amides is 3. The van der Waals surface area contributed by atoms with Crippen molar-refractivity contribution < 1.29 is 23.9 Å². The number of nitrogens with zero attached hydrogens (tertiary/aromatic N) is 1. The Morgan fingerprint density at radius 1 is 1.11 bits per heavy atom. The number of benzene rings is 2. The Balaban J connectivity index is 2.42. The van der Waals surface area contributed by atoms with Crippen LogP contribution in [0.4, 0.5) is 10.5 Å². The third-order valence-corrected chi connectivity index (χ3v) is 5.95. The van der Waals surface area contributed by atoms with E-state index in [0.29, 0.717) is 23.4 Å². The first-order valence-corrected chi connectivity index (χ1v) is 12.3. The van der Waals surface area contributed by atoms with Crippen LogP contribution in [-0.2, 0) is 14.3 Å². The van der Waals surface area contributed by atoms with E-state index in [1.54, 1.807) is 71.3 Å². The topological polar surface area (TPSA) is 97.0 Å². The smallest absolute Gasteiger partial charge is 0.408 e. The fraction of sp³-hybridized carbons (Fsp3) is 0.414. The van der Waals surface area contributed by atoms with Crippen molar-refractivity contribution >= 4 is 29.7 Å². The number of nitrogens with one attached hydrogen (secondary N) is 2. The largest absolute Gasteiger partial charge is 0.497 e. The molecule has 0 saturated carbocycles. The number of likely N-dealkylation sites (N-methyl/N-ethyl adjacent to an activating group) is 1. The molecular formula is C29H39N3O5. The fourth-order valence-electron chi connectivity index (χ4n) is 3.76. The van der Waals surface area contributed by atoms with Gasteiger partial charge in [-0.1, -0.05) is 51.1 Å². The molecule has 8 heteroatoms. The van der Waals surface area contributed by atoms with Gasteiger partial charge < -0.3 is 25.0 Å². The molecule has 0 aliphatic heterocycles. The number of ether oxygens (including phenoxy) is 2. The minimum Gasteiger partial charge on any atom is -0.497 e. The average molecular weight is 510 g/mol. The lowest BCUT2D eigenvalue weighted by Gasteiger charge is -2.33. The van der Waals surface area contributed by atoms with Crippen molar-refractivity contribution in [2.45, 2.75) is 58.7 Å². The molecule has 0 fully saturated rings. The highest BCUT2D eigenvalue weighted by Gasteiger charge is 2.36. The van der Waals surface area contributed by atoms with Crippen molar-refractivity contribution in [3.05, 3.63) is 66.2 Å². The standard InChI is InChI=1S/C29H39N3O5/c1-9-19(3)24(31-28(35)37-29(4,5)6)27(34)32(7)25(21-13-11-12-20(10-2)18-21)26(33)30-22-14-16-23(36-8)17-15-22/h10-19,24-25H,2,9H2,1,3-8H3,(H,30,33)(H,31,35). The van der Waals surface area contributed by atoms with Crippen LogP contribution in [0.5, 0.6) is 5.75 Å². The Hall–Kier alpha value is -3.81. The van der Waals surface area contributed by atoms with Crippen LogP contribution in [0.3, 0.4) is 0 Å². The predicted octanol–water partition coefficient (Wildman–Crippen LogP) is 5.42. The van der Waals surface area contributed by atoms with E-state index in [1.165, 1.54) is 4.90 Å². The molecule has 0 saturated heterocycles. The molecular weight excluding hydrogens is 470 g/mol. The minimum absolute atomic E-state index is 0.202. The molecule has 3 atom stereocenters. The third kappa shape index (κ3) is 8.37. The van der Waals surface area contributed by atoms with Crippen LogP contribution in [-0.4, -0.2) is 48.6 Å². The van der Waals surface area contributed by atoms with Gasteiger partial charge in [0, 0.05) is 12.7 Å². The van der Waals surface area contributed by atoms with E-state index in [-0.39, 0.29) is 5.92 Å². The molecule has 0 bridgehead atoms. The van der Waals surface area contributed by atoms with E-state index in [1.807, 2.05) is 32.0 Å². The monoisotopic (exact) mass is 509 g/mol. The second-order valence-electron chi connectivity index (χ2n) is 9.95. The summed E-state index contributed by atoms with van der Waals surface area (Å²) >= 11 is 0. The molecule has 2 aromatic rings. The quantitative estimate of drug-likeness (QED) is 0.446. The van der Waals surface area contributed by atoms with E-state index < -0.39 is 35.6 Å². The Bertz CT molecular complexity index is 1090. The number of carbonyl (C=O) groups excluding carboxylic acids is 3. The maximum atomic E-state index is 13.8. The maximum absolute atomic E-state index is 13.8. The first kappa shape index (κ1) is 29.4. The van der Waals surface area contributed by atoms with E-state index in [9.17, 15) is 14.4 Å². The molecule has 2 aromatic carbocycles. The lowest BCUT2D eigenvalue weighted by molar-refractivity contribution is -0.140. The van der Waals surface area contributed by atoms with Gasteiger partial charge in [0.05, 0.1) is 7.11 Å². The van der Waals surface area contributed by atoms with Gasteiger partial charge in [-0.15, -0.1) is 0 Å². The number of alkyl carbamates (subject to hydrolysis) is 1. The number of anilines is 1. The normalized spacial score (nSPS) is 13.5. The first-order valence-electron chi connectivity index (χ1n) is 12.3. The predicted molar refractivity (Wildman–Crippen MR) is 146 cm³/mol. The van der Waals surface area contributed by atoms with Gasteiger partial charge in [0.2, 0.25) is 5.91 Å². The number of hydrogen-bond acceptors (Lipinski definition) is 5. The van der Waals surface area contributed by atoms with Gasteiger partial charge in [0.25, 0.3) is 5.91 Å². The summed E-state index contributed by atoms with van der Waals surface area (Å²) in [5.74, 6) is -0.348. The van der Waals surface area contributed by atoms with Crippen LogP contribution in [0.2, 0.25) is 0 Å². The number of methoxy groups -OCH3 is 1. The summed E-state index contributed by atoms with van der Waals surface area (Å²) in [7, 11) is 3.13. The fourth-order valence-corrected chi connectivity index (χ4v) is 3.76. The number of hydrogen-bond donors (Lipinski definition) is 2. The van der Waals surface area contributed by atoms with Crippen LogP contribution < -0.4 is 15.4 Å². The van der Waals surface area contributed by atoms with Gasteiger partial charge >= 0.3 is 6.09 Å². The summed E-state index contributed by atoms with van der Waals surface area (Å²) in [4.78, 5) is 41.3. The maximum Gasteiger partial charge on any atom is 0.408 e. The summed E-state index contributed by atoms with van der Waals surface area (Å²) < 4.78 is 10.6. The average Bonchev–Trinajstić information content (AvgIpc) is 2.86. The molecule has 0 aliphatic rings. The zero-order chi connectivity index (χ0) is 27.8. The lowest BCUT2D eigenvalue weighted by atomic mass is 9.95.